The standard InChI is InChI=1S/C21H13Cl2N3O4S/c22-15-9-5-13(6-10-15)19-20(31(29,30)18-4-2-1-3-17(18)23)24-25-26(19)16-11-7-14(8-12-16)21(27)28/h1-12H,(H,27,28). The predicted molar refractivity (Wildman–Crippen MR) is 116 cm³/mol. The molecule has 0 atom stereocenters. The number of rotatable bonds is 5. The van der Waals surface area contributed by atoms with E-state index in [1.807, 2.05) is 0 Å². The van der Waals surface area contributed by atoms with E-state index in [-0.39, 0.29) is 26.2 Å². The summed E-state index contributed by atoms with van der Waals surface area (Å²) in [7, 11) is -4.12. The number of hydrogen-bond donors (Lipinski definition) is 1. The lowest BCUT2D eigenvalue weighted by Crippen LogP contribution is -2.07. The van der Waals surface area contributed by atoms with Gasteiger partial charge in [-0.05, 0) is 48.5 Å². The summed E-state index contributed by atoms with van der Waals surface area (Å²) < 4.78 is 28.1. The minimum absolute atomic E-state index is 0.0601. The quantitative estimate of drug-likeness (QED) is 0.447. The van der Waals surface area contributed by atoms with Crippen LogP contribution in [0.4, 0.5) is 0 Å². The first kappa shape index (κ1) is 21.0. The van der Waals surface area contributed by atoms with Crippen molar-refractivity contribution >= 4 is 39.0 Å². The van der Waals surface area contributed by atoms with Gasteiger partial charge in [0, 0.05) is 10.6 Å². The Morgan fingerprint density at radius 3 is 2.16 bits per heavy atom. The molecule has 0 radical (unpaired) electrons. The molecule has 7 nitrogen and oxygen atoms in total. The number of benzene rings is 3. The third kappa shape index (κ3) is 3.93. The van der Waals surface area contributed by atoms with Crippen molar-refractivity contribution in [3.63, 3.8) is 0 Å². The smallest absolute Gasteiger partial charge is 0.335 e. The molecule has 0 saturated heterocycles. The van der Waals surface area contributed by atoms with Crippen molar-refractivity contribution in [3.05, 3.63) is 88.4 Å². The number of hydrogen-bond acceptors (Lipinski definition) is 5. The minimum atomic E-state index is -4.12. The molecule has 1 heterocycles. The molecule has 10 heteroatoms. The first-order valence-electron chi connectivity index (χ1n) is 8.84. The van der Waals surface area contributed by atoms with Crippen LogP contribution < -0.4 is 0 Å². The number of nitrogens with zero attached hydrogens (tertiary/aromatic N) is 3. The molecule has 0 aliphatic carbocycles. The van der Waals surface area contributed by atoms with Crippen LogP contribution in [0.3, 0.4) is 0 Å². The largest absolute Gasteiger partial charge is 0.478 e. The summed E-state index contributed by atoms with van der Waals surface area (Å²) >= 11 is 12.1. The van der Waals surface area contributed by atoms with Gasteiger partial charge in [-0.15, -0.1) is 5.10 Å². The average molecular weight is 474 g/mol. The second kappa shape index (κ2) is 8.14. The van der Waals surface area contributed by atoms with Crippen LogP contribution >= 0.6 is 23.2 Å². The van der Waals surface area contributed by atoms with Gasteiger partial charge in [0.15, 0.2) is 0 Å². The molecule has 0 fully saturated rings. The fourth-order valence-corrected chi connectivity index (χ4v) is 4.96. The molecule has 1 aromatic heterocycles. The monoisotopic (exact) mass is 473 g/mol. The van der Waals surface area contributed by atoms with Crippen LogP contribution in [0, 0.1) is 0 Å². The summed E-state index contributed by atoms with van der Waals surface area (Å²) in [6.45, 7) is 0. The van der Waals surface area contributed by atoms with Gasteiger partial charge < -0.3 is 5.11 Å². The van der Waals surface area contributed by atoms with Crippen LogP contribution in [0.15, 0.2) is 82.7 Å². The van der Waals surface area contributed by atoms with Gasteiger partial charge in [0.25, 0.3) is 0 Å². The van der Waals surface area contributed by atoms with E-state index in [4.69, 9.17) is 28.3 Å². The fraction of sp³-hybridized carbons (Fsp3) is 0. The fourth-order valence-electron chi connectivity index (χ4n) is 3.00. The van der Waals surface area contributed by atoms with E-state index in [2.05, 4.69) is 10.3 Å². The highest BCUT2D eigenvalue weighted by atomic mass is 35.5. The summed E-state index contributed by atoms with van der Waals surface area (Å²) in [6.07, 6.45) is 0. The van der Waals surface area contributed by atoms with Gasteiger partial charge in [-0.2, -0.15) is 0 Å². The Morgan fingerprint density at radius 1 is 0.903 bits per heavy atom. The highest BCUT2D eigenvalue weighted by molar-refractivity contribution is 7.91. The topological polar surface area (TPSA) is 102 Å². The van der Waals surface area contributed by atoms with E-state index in [1.54, 1.807) is 36.4 Å². The number of carbonyl (C=O) groups is 1. The number of carboxylic acid groups (broad SMARTS) is 1. The second-order valence-electron chi connectivity index (χ2n) is 6.45. The second-order valence-corrected chi connectivity index (χ2v) is 9.12. The zero-order chi connectivity index (χ0) is 22.2. The zero-order valence-corrected chi connectivity index (χ0v) is 17.9. The summed E-state index contributed by atoms with van der Waals surface area (Å²) in [6, 6.07) is 18.4. The number of sulfone groups is 1. The van der Waals surface area contributed by atoms with Gasteiger partial charge in [-0.3, -0.25) is 0 Å². The maximum Gasteiger partial charge on any atom is 0.335 e. The molecular formula is C21H13Cl2N3O4S. The SMILES string of the molecule is O=C(O)c1ccc(-n2nnc(S(=O)(=O)c3ccccc3Cl)c2-c2ccc(Cl)cc2)cc1. The van der Waals surface area contributed by atoms with Crippen molar-refractivity contribution in [3.8, 4) is 16.9 Å². The van der Waals surface area contributed by atoms with Crippen LogP contribution in [-0.4, -0.2) is 34.5 Å². The Hall–Kier alpha value is -3.20. The third-order valence-electron chi connectivity index (χ3n) is 4.50. The molecule has 0 amide bonds. The third-order valence-corrected chi connectivity index (χ3v) is 6.91. The molecule has 31 heavy (non-hydrogen) atoms. The van der Waals surface area contributed by atoms with E-state index in [0.29, 0.717) is 16.3 Å². The Balaban J connectivity index is 1.96. The van der Waals surface area contributed by atoms with Gasteiger partial charge in [-0.25, -0.2) is 17.9 Å². The Bertz CT molecular complexity index is 1380. The maximum absolute atomic E-state index is 13.4. The Kier molecular flexibility index (Phi) is 5.53. The molecule has 0 unspecified atom stereocenters. The number of aromatic nitrogens is 3. The van der Waals surface area contributed by atoms with Gasteiger partial charge >= 0.3 is 5.97 Å². The lowest BCUT2D eigenvalue weighted by Gasteiger charge is -2.10. The number of halogens is 2. The zero-order valence-electron chi connectivity index (χ0n) is 15.6. The Labute approximate surface area is 187 Å². The molecule has 0 spiro atoms. The van der Waals surface area contributed by atoms with Crippen molar-refractivity contribution in [1.82, 2.24) is 15.0 Å². The van der Waals surface area contributed by atoms with E-state index >= 15 is 0 Å². The van der Waals surface area contributed by atoms with Crippen LogP contribution in [-0.2, 0) is 9.84 Å². The van der Waals surface area contributed by atoms with Crippen LogP contribution in [0.5, 0.6) is 0 Å². The van der Waals surface area contributed by atoms with E-state index in [1.165, 1.54) is 41.1 Å². The minimum Gasteiger partial charge on any atom is -0.478 e. The molecule has 156 valence electrons. The van der Waals surface area contributed by atoms with Crippen molar-refractivity contribution in [1.29, 1.82) is 0 Å². The molecule has 3 aromatic carbocycles. The normalized spacial score (nSPS) is 11.4. The molecule has 4 aromatic rings. The van der Waals surface area contributed by atoms with Gasteiger partial charge in [0.05, 0.1) is 21.2 Å². The summed E-state index contributed by atoms with van der Waals surface area (Å²) in [5.74, 6) is -1.08. The molecule has 0 saturated carbocycles. The van der Waals surface area contributed by atoms with Gasteiger partial charge in [0.1, 0.15) is 5.69 Å². The van der Waals surface area contributed by atoms with Crippen molar-refractivity contribution in [2.75, 3.05) is 0 Å². The van der Waals surface area contributed by atoms with Crippen LogP contribution in [0.25, 0.3) is 16.9 Å². The molecule has 0 aliphatic rings. The van der Waals surface area contributed by atoms with Gasteiger partial charge in [-0.1, -0.05) is 52.7 Å². The first-order valence-corrected chi connectivity index (χ1v) is 11.1. The maximum atomic E-state index is 13.4. The predicted octanol–water partition coefficient (Wildman–Crippen LogP) is 4.77. The summed E-state index contributed by atoms with van der Waals surface area (Å²) in [5, 5.41) is 17.4. The molecular weight excluding hydrogens is 461 g/mol. The van der Waals surface area contributed by atoms with Gasteiger partial charge in [0.2, 0.25) is 14.9 Å². The molecule has 0 bridgehead atoms. The molecule has 4 rings (SSSR count). The van der Waals surface area contributed by atoms with E-state index < -0.39 is 15.8 Å². The average Bonchev–Trinajstić information content (AvgIpc) is 3.20. The summed E-state index contributed by atoms with van der Waals surface area (Å²) in [4.78, 5) is 11.1. The van der Waals surface area contributed by atoms with Crippen LogP contribution in [0.1, 0.15) is 10.4 Å². The number of aromatic carboxylic acids is 1. The van der Waals surface area contributed by atoms with Crippen molar-refractivity contribution in [2.45, 2.75) is 9.92 Å². The van der Waals surface area contributed by atoms with Crippen molar-refractivity contribution < 1.29 is 18.3 Å². The van der Waals surface area contributed by atoms with E-state index in [0.717, 1.165) is 0 Å². The number of carboxylic acids is 1. The first-order chi connectivity index (χ1) is 14.8. The Morgan fingerprint density at radius 2 is 1.55 bits per heavy atom. The van der Waals surface area contributed by atoms with Crippen molar-refractivity contribution in [2.24, 2.45) is 0 Å². The highest BCUT2D eigenvalue weighted by Gasteiger charge is 2.30. The highest BCUT2D eigenvalue weighted by Crippen LogP contribution is 2.34. The van der Waals surface area contributed by atoms with E-state index in [9.17, 15) is 13.2 Å². The molecule has 0 aliphatic heterocycles. The molecule has 1 N–H and O–H groups in total. The summed E-state index contributed by atoms with van der Waals surface area (Å²) in [5.41, 5.74) is 1.21. The lowest BCUT2D eigenvalue weighted by molar-refractivity contribution is 0.0697. The lowest BCUT2D eigenvalue weighted by atomic mass is 10.1. The van der Waals surface area contributed by atoms with Crippen LogP contribution in [0.2, 0.25) is 10.0 Å².